The monoisotopic (exact) mass is 767 g/mol. The van der Waals surface area contributed by atoms with Crippen LogP contribution in [0.4, 0.5) is 4.39 Å². The molecule has 14 nitrogen and oxygen atoms in total. The lowest BCUT2D eigenvalue weighted by Crippen LogP contribution is -2.58. The van der Waals surface area contributed by atoms with Gasteiger partial charge >= 0.3 is 0 Å². The van der Waals surface area contributed by atoms with Gasteiger partial charge < -0.3 is 20.3 Å². The van der Waals surface area contributed by atoms with Gasteiger partial charge in [-0.15, -0.1) is 11.3 Å². The molecule has 2 saturated carbocycles. The summed E-state index contributed by atoms with van der Waals surface area (Å²) < 4.78 is 48.3. The van der Waals surface area contributed by atoms with Crippen LogP contribution in [0.2, 0.25) is 0 Å². The van der Waals surface area contributed by atoms with E-state index in [-0.39, 0.29) is 35.8 Å². The Morgan fingerprint density at radius 1 is 1.13 bits per heavy atom. The molecule has 7 rings (SSSR count). The molecule has 0 radical (unpaired) electrons. The Hall–Kier alpha value is -4.51. The van der Waals surface area contributed by atoms with E-state index in [2.05, 4.69) is 30.3 Å². The Morgan fingerprint density at radius 2 is 1.92 bits per heavy atom. The molecule has 2 aromatic heterocycles. The van der Waals surface area contributed by atoms with Gasteiger partial charge in [-0.1, -0.05) is 31.1 Å². The summed E-state index contributed by atoms with van der Waals surface area (Å²) in [6.45, 7) is 4.96. The van der Waals surface area contributed by atoms with Crippen molar-refractivity contribution < 1.29 is 36.7 Å². The third-order valence-electron chi connectivity index (χ3n) is 10.7. The van der Waals surface area contributed by atoms with Crippen LogP contribution in [0.25, 0.3) is 11.0 Å². The fraction of sp³-hybridized carbons (Fsp3) is 0.528. The highest BCUT2D eigenvalue weighted by Crippen LogP contribution is 2.47. The molecule has 3 aromatic rings. The van der Waals surface area contributed by atoms with Crippen LogP contribution in [-0.4, -0.2) is 86.9 Å². The number of para-hydroxylation sites is 1. The van der Waals surface area contributed by atoms with E-state index in [0.717, 1.165) is 17.7 Å². The Balaban J connectivity index is 1.20. The average Bonchev–Trinajstić information content (AvgIpc) is 3.91. The van der Waals surface area contributed by atoms with E-state index >= 15 is 0 Å². The summed E-state index contributed by atoms with van der Waals surface area (Å²) in [5, 5.41) is 5.89. The predicted octanol–water partition coefficient (Wildman–Crippen LogP) is 3.38. The first-order valence-corrected chi connectivity index (χ1v) is 20.2. The summed E-state index contributed by atoms with van der Waals surface area (Å²) in [6.07, 6.45) is 8.64. The van der Waals surface area contributed by atoms with E-state index in [1.54, 1.807) is 26.1 Å². The molecule has 2 aliphatic heterocycles. The van der Waals surface area contributed by atoms with Crippen LogP contribution in [0.15, 0.2) is 36.5 Å². The van der Waals surface area contributed by atoms with Gasteiger partial charge in [0.05, 0.1) is 16.8 Å². The van der Waals surface area contributed by atoms with Crippen molar-refractivity contribution in [2.75, 3.05) is 6.54 Å². The molecule has 2 aliphatic carbocycles. The van der Waals surface area contributed by atoms with Crippen LogP contribution in [0.1, 0.15) is 85.1 Å². The van der Waals surface area contributed by atoms with Crippen molar-refractivity contribution in [1.29, 1.82) is 0 Å². The number of benzene rings is 1. The van der Waals surface area contributed by atoms with Crippen LogP contribution in [0, 0.1) is 25.6 Å². The van der Waals surface area contributed by atoms with Gasteiger partial charge in [-0.2, -0.15) is 0 Å². The average molecular weight is 768 g/mol. The first-order chi connectivity index (χ1) is 25.2. The molecular weight excluding hydrogens is 726 g/mol. The van der Waals surface area contributed by atoms with E-state index in [1.807, 2.05) is 19.1 Å². The maximum Gasteiger partial charge on any atom is 0.280 e. The first kappa shape index (κ1) is 36.8. The maximum absolute atomic E-state index is 14.7. The number of ether oxygens (including phenoxy) is 1. The van der Waals surface area contributed by atoms with Crippen molar-refractivity contribution in [3.05, 3.63) is 57.9 Å². The molecule has 1 aromatic carbocycles. The molecule has 0 spiro atoms. The van der Waals surface area contributed by atoms with Gasteiger partial charge in [-0.25, -0.2) is 27.8 Å². The van der Waals surface area contributed by atoms with Gasteiger partial charge in [0, 0.05) is 23.4 Å². The lowest BCUT2D eigenvalue weighted by Gasteiger charge is -2.30. The van der Waals surface area contributed by atoms with E-state index < -0.39 is 73.9 Å². The number of amides is 4. The minimum absolute atomic E-state index is 0.00533. The van der Waals surface area contributed by atoms with Crippen LogP contribution in [-0.2, 0) is 24.4 Å². The number of aryl methyl sites for hydroxylation is 2. The van der Waals surface area contributed by atoms with Gasteiger partial charge in [-0.3, -0.25) is 23.9 Å². The number of hydrogen-bond acceptors (Lipinski definition) is 11. The SMILES string of the molecule is Cc1cnc(C(=O)N[C@H]2CCCCC/C=C\C3C[C@@]3(C(=O)NS(=O)(=O)C3(C)CC3)NC(=O)[C@@H]3C[C@@H](Oc4nc5c(F)cccc5nc4C)CN3C2=O)s1. The highest BCUT2D eigenvalue weighted by molar-refractivity contribution is 7.91. The molecule has 1 saturated heterocycles. The molecule has 17 heteroatoms. The van der Waals surface area contributed by atoms with Crippen molar-refractivity contribution in [2.24, 2.45) is 5.92 Å². The van der Waals surface area contributed by atoms with E-state index in [4.69, 9.17) is 4.74 Å². The first-order valence-electron chi connectivity index (χ1n) is 17.9. The summed E-state index contributed by atoms with van der Waals surface area (Å²) in [4.78, 5) is 71.1. The van der Waals surface area contributed by atoms with Crippen LogP contribution in [0.3, 0.4) is 0 Å². The summed E-state index contributed by atoms with van der Waals surface area (Å²) in [6, 6.07) is 2.24. The van der Waals surface area contributed by atoms with Crippen molar-refractivity contribution in [3.8, 4) is 5.88 Å². The Bertz CT molecular complexity index is 2120. The van der Waals surface area contributed by atoms with Gasteiger partial charge in [0.2, 0.25) is 27.7 Å². The van der Waals surface area contributed by atoms with Crippen LogP contribution in [0.5, 0.6) is 5.88 Å². The third kappa shape index (κ3) is 7.37. The molecule has 5 atom stereocenters. The lowest BCUT2D eigenvalue weighted by atomic mass is 10.0. The fourth-order valence-electron chi connectivity index (χ4n) is 7.01. The number of nitrogens with zero attached hydrogens (tertiary/aromatic N) is 4. The molecule has 4 heterocycles. The standard InChI is InChI=1S/C36H42FN7O7S2/c1-20-18-38-32(52-20)30(46)40-26-12-8-6-4-5-7-10-22-17-36(22,34(48)43-53(49,50)35(3)14-15-35)42-29(45)27-16-23(19-44(27)33(26)47)51-31-21(2)39-25-13-9-11-24(37)28(25)41-31/h7,9-11,13,18,22-23,26-27H,4-6,8,12,14-17,19H2,1-3H3,(H,40,46)(H,42,45)(H,43,48)/b10-7-/t22?,23-,26+,27+,36-/m1/s1. The van der Waals surface area contributed by atoms with Gasteiger partial charge in [0.15, 0.2) is 10.8 Å². The number of nitrogens with one attached hydrogen (secondary N) is 3. The van der Waals surface area contributed by atoms with Crippen LogP contribution < -0.4 is 20.1 Å². The summed E-state index contributed by atoms with van der Waals surface area (Å²) in [7, 11) is -4.01. The molecule has 53 heavy (non-hydrogen) atoms. The topological polar surface area (TPSA) is 190 Å². The molecule has 3 fully saturated rings. The van der Waals surface area contributed by atoms with E-state index in [9.17, 15) is 32.0 Å². The number of aromatic nitrogens is 3. The molecule has 3 N–H and O–H groups in total. The Labute approximate surface area is 310 Å². The zero-order valence-corrected chi connectivity index (χ0v) is 31.3. The Kier molecular flexibility index (Phi) is 9.76. The Morgan fingerprint density at radius 3 is 2.66 bits per heavy atom. The van der Waals surface area contributed by atoms with Crippen LogP contribution >= 0.6 is 11.3 Å². The number of thiazole rings is 1. The minimum Gasteiger partial charge on any atom is -0.471 e. The predicted molar refractivity (Wildman–Crippen MR) is 193 cm³/mol. The molecule has 282 valence electrons. The number of hydrogen-bond donors (Lipinski definition) is 3. The second-order valence-corrected chi connectivity index (χ2v) is 18.2. The number of carbonyl (C=O) groups excluding carboxylic acids is 4. The smallest absolute Gasteiger partial charge is 0.280 e. The van der Waals surface area contributed by atoms with Crippen molar-refractivity contribution in [1.82, 2.24) is 35.2 Å². The van der Waals surface area contributed by atoms with Gasteiger partial charge in [-0.05, 0) is 71.4 Å². The number of fused-ring (bicyclic) bond motifs is 3. The van der Waals surface area contributed by atoms with Gasteiger partial charge in [0.25, 0.3) is 11.8 Å². The highest BCUT2D eigenvalue weighted by Gasteiger charge is 2.63. The van der Waals surface area contributed by atoms with Crippen molar-refractivity contribution >= 4 is 56.0 Å². The number of allylic oxidation sites excluding steroid dienone is 1. The quantitative estimate of drug-likeness (QED) is 0.301. The van der Waals surface area contributed by atoms with Crippen molar-refractivity contribution in [2.45, 2.75) is 107 Å². The normalized spacial score (nSPS) is 27.7. The molecular formula is C36H42FN7O7S2. The summed E-state index contributed by atoms with van der Waals surface area (Å²) in [5.74, 6) is -3.54. The maximum atomic E-state index is 14.7. The molecule has 1 unspecified atom stereocenters. The number of halogens is 1. The number of carbonyl (C=O) groups is 4. The molecule has 4 amide bonds. The van der Waals surface area contributed by atoms with Crippen molar-refractivity contribution in [3.63, 3.8) is 0 Å². The third-order valence-corrected chi connectivity index (χ3v) is 13.7. The fourth-order valence-corrected chi connectivity index (χ4v) is 8.99. The highest BCUT2D eigenvalue weighted by atomic mass is 32.2. The molecule has 0 bridgehead atoms. The summed E-state index contributed by atoms with van der Waals surface area (Å²) >= 11 is 1.20. The molecule has 4 aliphatic rings. The summed E-state index contributed by atoms with van der Waals surface area (Å²) in [5.41, 5.74) is -0.827. The largest absolute Gasteiger partial charge is 0.471 e. The number of sulfonamides is 1. The van der Waals surface area contributed by atoms with E-state index in [0.29, 0.717) is 43.3 Å². The minimum atomic E-state index is -4.01. The zero-order valence-electron chi connectivity index (χ0n) is 29.7. The lowest BCUT2D eigenvalue weighted by molar-refractivity contribution is -0.141. The zero-order chi connectivity index (χ0) is 37.7. The second kappa shape index (κ2) is 14.0. The van der Waals surface area contributed by atoms with Gasteiger partial charge in [0.1, 0.15) is 34.9 Å². The van der Waals surface area contributed by atoms with E-state index in [1.165, 1.54) is 28.4 Å². The number of rotatable bonds is 7. The second-order valence-electron chi connectivity index (χ2n) is 14.7.